The summed E-state index contributed by atoms with van der Waals surface area (Å²) < 4.78 is 0. The minimum absolute atomic E-state index is 0.0163. The van der Waals surface area contributed by atoms with Crippen LogP contribution in [0.2, 0.25) is 5.02 Å². The van der Waals surface area contributed by atoms with Gasteiger partial charge in [0.15, 0.2) is 0 Å². The molecule has 2 heterocycles. The van der Waals surface area contributed by atoms with Crippen LogP contribution in [0.5, 0.6) is 0 Å². The van der Waals surface area contributed by atoms with Crippen molar-refractivity contribution in [2.75, 3.05) is 44.7 Å². The molecular weight excluding hydrogens is 380 g/mol. The van der Waals surface area contributed by atoms with Crippen molar-refractivity contribution >= 4 is 29.1 Å². The number of amides is 2. The van der Waals surface area contributed by atoms with Gasteiger partial charge < -0.3 is 9.80 Å². The van der Waals surface area contributed by atoms with E-state index in [4.69, 9.17) is 11.6 Å². The number of carbonyl (C=O) groups is 2. The number of nitrogens with zero attached hydrogens (tertiary/aromatic N) is 3. The second kappa shape index (κ2) is 7.54. The van der Waals surface area contributed by atoms with Crippen molar-refractivity contribution in [3.63, 3.8) is 0 Å². The molecule has 3 aliphatic rings. The maximum absolute atomic E-state index is 13.3. The molecule has 1 aromatic rings. The number of halogens is 1. The van der Waals surface area contributed by atoms with Crippen molar-refractivity contribution in [1.82, 2.24) is 15.3 Å². The summed E-state index contributed by atoms with van der Waals surface area (Å²) in [4.78, 5) is 31.7. The monoisotopic (exact) mass is 406 g/mol. The first-order valence-corrected chi connectivity index (χ1v) is 10.2. The van der Waals surface area contributed by atoms with E-state index in [1.54, 1.807) is 5.48 Å². The summed E-state index contributed by atoms with van der Waals surface area (Å²) in [5.41, 5.74) is 2.99. The molecule has 1 aromatic carbocycles. The van der Waals surface area contributed by atoms with Crippen LogP contribution in [0, 0.1) is 11.3 Å². The summed E-state index contributed by atoms with van der Waals surface area (Å²) in [5, 5.41) is 9.90. The molecule has 8 heteroatoms. The molecule has 7 nitrogen and oxygen atoms in total. The van der Waals surface area contributed by atoms with Gasteiger partial charge in [0.25, 0.3) is 0 Å². The highest BCUT2D eigenvalue weighted by Gasteiger charge is 2.55. The zero-order valence-corrected chi connectivity index (χ0v) is 16.9. The van der Waals surface area contributed by atoms with E-state index in [1.807, 2.05) is 41.1 Å². The first kappa shape index (κ1) is 19.5. The number of likely N-dealkylation sites (N-methyl/N-ethyl adjacent to an activating group) is 1. The van der Waals surface area contributed by atoms with E-state index in [0.29, 0.717) is 24.5 Å². The van der Waals surface area contributed by atoms with Crippen LogP contribution in [0.1, 0.15) is 19.3 Å². The van der Waals surface area contributed by atoms with Crippen LogP contribution < -0.4 is 10.4 Å². The molecule has 2 aliphatic heterocycles. The third kappa shape index (κ3) is 3.71. The molecule has 1 saturated carbocycles. The lowest BCUT2D eigenvalue weighted by atomic mass is 9.80. The largest absolute Gasteiger partial charge is 0.368 e. The molecule has 2 amide bonds. The van der Waals surface area contributed by atoms with Gasteiger partial charge in [-0.15, -0.1) is 0 Å². The SMILES string of the molecule is CN1CC2(CC2)C[C@H](C(=O)NO)[C@H]1C(=O)N1CCN(c2cccc(Cl)c2)CC1. The summed E-state index contributed by atoms with van der Waals surface area (Å²) in [5.74, 6) is -0.976. The first-order valence-electron chi connectivity index (χ1n) is 9.86. The van der Waals surface area contributed by atoms with E-state index in [2.05, 4.69) is 4.90 Å². The highest BCUT2D eigenvalue weighted by molar-refractivity contribution is 6.30. The molecule has 0 unspecified atom stereocenters. The van der Waals surface area contributed by atoms with Crippen LogP contribution >= 0.6 is 11.6 Å². The minimum Gasteiger partial charge on any atom is -0.368 e. The average Bonchev–Trinajstić information content (AvgIpc) is 3.44. The van der Waals surface area contributed by atoms with Gasteiger partial charge in [-0.1, -0.05) is 17.7 Å². The number of piperidine rings is 1. The number of likely N-dealkylation sites (tertiary alicyclic amines) is 1. The Morgan fingerprint density at radius 3 is 2.54 bits per heavy atom. The Morgan fingerprint density at radius 2 is 1.93 bits per heavy atom. The second-order valence-electron chi connectivity index (χ2n) is 8.44. The second-order valence-corrected chi connectivity index (χ2v) is 8.88. The van der Waals surface area contributed by atoms with Crippen LogP contribution in [-0.2, 0) is 9.59 Å². The van der Waals surface area contributed by atoms with Crippen LogP contribution in [0.3, 0.4) is 0 Å². The lowest BCUT2D eigenvalue weighted by Gasteiger charge is -2.45. The van der Waals surface area contributed by atoms with E-state index < -0.39 is 17.9 Å². The highest BCUT2D eigenvalue weighted by atomic mass is 35.5. The molecule has 28 heavy (non-hydrogen) atoms. The van der Waals surface area contributed by atoms with Gasteiger partial charge in [0.2, 0.25) is 11.8 Å². The van der Waals surface area contributed by atoms with Crippen molar-refractivity contribution in [2.45, 2.75) is 25.3 Å². The Balaban J connectivity index is 1.44. The predicted molar refractivity (Wildman–Crippen MR) is 106 cm³/mol. The van der Waals surface area contributed by atoms with E-state index in [9.17, 15) is 14.8 Å². The lowest BCUT2D eigenvalue weighted by Crippen LogP contribution is -2.61. The van der Waals surface area contributed by atoms with Gasteiger partial charge in [0.05, 0.1) is 5.92 Å². The van der Waals surface area contributed by atoms with Gasteiger partial charge in [-0.05, 0) is 49.9 Å². The normalized spacial score (nSPS) is 27.0. The zero-order valence-electron chi connectivity index (χ0n) is 16.1. The van der Waals surface area contributed by atoms with Crippen LogP contribution in [0.4, 0.5) is 5.69 Å². The van der Waals surface area contributed by atoms with Crippen molar-refractivity contribution < 1.29 is 14.8 Å². The quantitative estimate of drug-likeness (QED) is 0.589. The fourth-order valence-corrected chi connectivity index (χ4v) is 5.03. The number of nitrogens with one attached hydrogen (secondary N) is 1. The maximum atomic E-state index is 13.3. The Bertz CT molecular complexity index is 762. The average molecular weight is 407 g/mol. The number of benzene rings is 1. The summed E-state index contributed by atoms with van der Waals surface area (Å²) in [6.45, 7) is 3.50. The lowest BCUT2D eigenvalue weighted by molar-refractivity contribution is -0.150. The third-order valence-electron chi connectivity index (χ3n) is 6.52. The molecule has 1 aliphatic carbocycles. The smallest absolute Gasteiger partial charge is 0.248 e. The Labute approximate surface area is 170 Å². The Kier molecular flexibility index (Phi) is 5.24. The number of anilines is 1. The molecule has 3 fully saturated rings. The Hall–Kier alpha value is -1.83. The van der Waals surface area contributed by atoms with Crippen molar-refractivity contribution in [2.24, 2.45) is 11.3 Å². The Morgan fingerprint density at radius 1 is 1.21 bits per heavy atom. The van der Waals surface area contributed by atoms with Crippen LogP contribution in [0.15, 0.2) is 24.3 Å². The van der Waals surface area contributed by atoms with Gasteiger partial charge in [0.1, 0.15) is 6.04 Å². The van der Waals surface area contributed by atoms with Crippen LogP contribution in [-0.4, -0.2) is 72.6 Å². The topological polar surface area (TPSA) is 76.1 Å². The van der Waals surface area contributed by atoms with Crippen LogP contribution in [0.25, 0.3) is 0 Å². The molecule has 152 valence electrons. The number of piperazine rings is 1. The number of hydrogen-bond donors (Lipinski definition) is 2. The maximum Gasteiger partial charge on any atom is 0.248 e. The molecule has 2 N–H and O–H groups in total. The molecular formula is C20H27ClN4O3. The predicted octanol–water partition coefficient (Wildman–Crippen LogP) is 1.59. The molecule has 0 bridgehead atoms. The van der Waals surface area contributed by atoms with E-state index in [0.717, 1.165) is 38.2 Å². The molecule has 2 atom stereocenters. The van der Waals surface area contributed by atoms with Crippen molar-refractivity contribution in [1.29, 1.82) is 0 Å². The summed E-state index contributed by atoms with van der Waals surface area (Å²) >= 11 is 6.09. The van der Waals surface area contributed by atoms with Gasteiger partial charge in [-0.25, -0.2) is 5.48 Å². The van der Waals surface area contributed by atoms with Gasteiger partial charge >= 0.3 is 0 Å². The van der Waals surface area contributed by atoms with E-state index in [-0.39, 0.29) is 11.3 Å². The number of hydrogen-bond acceptors (Lipinski definition) is 5. The fraction of sp³-hybridized carbons (Fsp3) is 0.600. The standard InChI is InChI=1S/C20H27ClN4O3/c1-23-13-20(5-6-20)12-16(18(26)22-28)17(23)19(27)25-9-7-24(8-10-25)15-4-2-3-14(21)11-15/h2-4,11,16-17,28H,5-10,12-13H2,1H3,(H,22,26)/t16-,17-/m0/s1. The minimum atomic E-state index is -0.518. The highest BCUT2D eigenvalue weighted by Crippen LogP contribution is 2.54. The summed E-state index contributed by atoms with van der Waals surface area (Å²) in [6, 6.07) is 7.22. The third-order valence-corrected chi connectivity index (χ3v) is 6.75. The number of rotatable bonds is 3. The molecule has 4 rings (SSSR count). The summed E-state index contributed by atoms with van der Waals surface area (Å²) in [6.07, 6.45) is 2.85. The van der Waals surface area contributed by atoms with Gasteiger partial charge in [-0.3, -0.25) is 19.7 Å². The van der Waals surface area contributed by atoms with Crippen molar-refractivity contribution in [3.05, 3.63) is 29.3 Å². The zero-order chi connectivity index (χ0) is 19.9. The van der Waals surface area contributed by atoms with Gasteiger partial charge in [0, 0.05) is 43.4 Å². The molecule has 2 saturated heterocycles. The van der Waals surface area contributed by atoms with Gasteiger partial charge in [-0.2, -0.15) is 0 Å². The summed E-state index contributed by atoms with van der Waals surface area (Å²) in [7, 11) is 1.92. The van der Waals surface area contributed by atoms with E-state index >= 15 is 0 Å². The molecule has 0 aromatic heterocycles. The number of carbonyl (C=O) groups excluding carboxylic acids is 2. The number of hydroxylamine groups is 1. The van der Waals surface area contributed by atoms with E-state index in [1.165, 1.54) is 0 Å². The molecule has 1 spiro atoms. The fourth-order valence-electron chi connectivity index (χ4n) is 4.84. The first-order chi connectivity index (χ1) is 13.4. The van der Waals surface area contributed by atoms with Crippen molar-refractivity contribution in [3.8, 4) is 0 Å². The molecule has 0 radical (unpaired) electrons.